The molecule has 4 aromatic rings. The number of benzene rings is 2. The van der Waals surface area contributed by atoms with Crippen molar-refractivity contribution in [2.24, 2.45) is 11.8 Å². The zero-order chi connectivity index (χ0) is 43.4. The molecule has 8 rings (SSSR count). The fourth-order valence-corrected chi connectivity index (χ4v) is 10.4. The average Bonchev–Trinajstić information content (AvgIpc) is 3.93. The van der Waals surface area contributed by atoms with Gasteiger partial charge in [-0.3, -0.25) is 0 Å². The Morgan fingerprint density at radius 2 is 1.20 bits per heavy atom. The first-order chi connectivity index (χ1) is 28.6. The SMILES string of the molecule is CCCCCc1cc2c(c(O)c1-c1ccco1)[C@@H]1C=C(C)CC[C@H]1C(C)(C)O2.CCCCCc1cc2c(c(O)c1Br)[C@@H]1C=C(C)CC[C@H]1C(C)(C)O2.OB(O)c1ccco1. The van der Waals surface area contributed by atoms with Crippen molar-refractivity contribution in [2.75, 3.05) is 0 Å². The Kier molecular flexibility index (Phi) is 14.8. The molecule has 324 valence electrons. The van der Waals surface area contributed by atoms with Crippen LogP contribution < -0.4 is 15.1 Å². The molecule has 4 atom stereocenters. The van der Waals surface area contributed by atoms with Crippen LogP contribution in [0.15, 0.2) is 85.5 Å². The molecule has 2 aliphatic heterocycles. The van der Waals surface area contributed by atoms with Crippen LogP contribution in [0.5, 0.6) is 23.0 Å². The minimum Gasteiger partial charge on any atom is -0.507 e. The van der Waals surface area contributed by atoms with Gasteiger partial charge in [0.1, 0.15) is 45.6 Å². The highest BCUT2D eigenvalue weighted by Gasteiger charge is 2.47. The van der Waals surface area contributed by atoms with Crippen molar-refractivity contribution in [1.29, 1.82) is 0 Å². The van der Waals surface area contributed by atoms with E-state index in [0.29, 0.717) is 23.3 Å². The molecule has 4 heterocycles. The molecule has 4 aliphatic rings. The van der Waals surface area contributed by atoms with Gasteiger partial charge in [0.25, 0.3) is 0 Å². The summed E-state index contributed by atoms with van der Waals surface area (Å²) >= 11 is 3.65. The molecule has 10 heteroatoms. The Hall–Kier alpha value is -3.86. The van der Waals surface area contributed by atoms with Crippen LogP contribution in [0.3, 0.4) is 0 Å². The van der Waals surface area contributed by atoms with Gasteiger partial charge in [-0.1, -0.05) is 62.8 Å². The van der Waals surface area contributed by atoms with Gasteiger partial charge in [-0.2, -0.15) is 0 Å². The van der Waals surface area contributed by atoms with E-state index in [9.17, 15) is 10.2 Å². The third-order valence-corrected chi connectivity index (χ3v) is 13.9. The van der Waals surface area contributed by atoms with Gasteiger partial charge in [-0.05, 0) is 156 Å². The first kappa shape index (κ1) is 45.7. The van der Waals surface area contributed by atoms with Gasteiger partial charge in [-0.15, -0.1) is 0 Å². The standard InChI is InChI=1S/C25H32O3.C21H29BrO2.C4H5BO3/c1-5-6-7-9-17-15-21-23(24(26)22(17)20-10-8-13-27-20)18-14-16(2)11-12-19(18)25(3,4)28-21;1-5-6-7-8-14-12-17-18(20(23)19(14)22)15-11-13(2)9-10-16(15)21(3,4)24-17;6-5(7)4-2-1-3-8-4/h8,10,13-15,18-19,26H,5-7,9,11-12H2,1-4H3;11-12,15-16,23H,5-10H2,1-4H3;1-3,6-7H/t18-,19-;15-,16-;/m11./s1. The maximum absolute atomic E-state index is 11.5. The van der Waals surface area contributed by atoms with Crippen molar-refractivity contribution in [3.8, 4) is 34.3 Å². The summed E-state index contributed by atoms with van der Waals surface area (Å²) in [5.41, 5.74) is 7.58. The number of halogens is 1. The van der Waals surface area contributed by atoms with Crippen molar-refractivity contribution < 1.29 is 38.6 Å². The summed E-state index contributed by atoms with van der Waals surface area (Å²) in [4.78, 5) is 0. The third-order valence-electron chi connectivity index (χ3n) is 13.1. The Morgan fingerprint density at radius 1 is 0.700 bits per heavy atom. The zero-order valence-electron chi connectivity index (χ0n) is 36.9. The smallest absolute Gasteiger partial charge is 0.507 e. The van der Waals surface area contributed by atoms with Gasteiger partial charge in [0, 0.05) is 34.8 Å². The summed E-state index contributed by atoms with van der Waals surface area (Å²) in [7, 11) is -1.48. The molecule has 8 nitrogen and oxygen atoms in total. The summed E-state index contributed by atoms with van der Waals surface area (Å²) in [6.07, 6.45) is 21.1. The molecule has 2 aromatic heterocycles. The van der Waals surface area contributed by atoms with Crippen LogP contribution in [0, 0.1) is 11.8 Å². The predicted molar refractivity (Wildman–Crippen MR) is 244 cm³/mol. The summed E-state index contributed by atoms with van der Waals surface area (Å²) in [5.74, 6) is 4.40. The average molecular weight is 886 g/mol. The number of phenolic OH excluding ortho intramolecular Hbond substituents is 2. The number of hydrogen-bond donors (Lipinski definition) is 4. The molecule has 2 aromatic carbocycles. The number of ether oxygens (including phenoxy) is 2. The van der Waals surface area contributed by atoms with E-state index in [1.54, 1.807) is 12.3 Å². The molecular formula is C50H66BBrO8. The lowest BCUT2D eigenvalue weighted by atomic mass is 9.67. The molecule has 0 bridgehead atoms. The Labute approximate surface area is 366 Å². The minimum absolute atomic E-state index is 0.171. The summed E-state index contributed by atoms with van der Waals surface area (Å²) in [6, 6.07) is 11.2. The fourth-order valence-electron chi connectivity index (χ4n) is 9.84. The molecule has 0 saturated heterocycles. The topological polar surface area (TPSA) is 126 Å². The van der Waals surface area contributed by atoms with Crippen molar-refractivity contribution in [1.82, 2.24) is 0 Å². The van der Waals surface area contributed by atoms with Crippen LogP contribution in [0.1, 0.15) is 154 Å². The second-order valence-corrected chi connectivity index (χ2v) is 19.1. The van der Waals surface area contributed by atoms with Crippen LogP contribution in [0.25, 0.3) is 11.3 Å². The Morgan fingerprint density at radius 3 is 1.67 bits per heavy atom. The fraction of sp³-hybridized carbons (Fsp3) is 0.520. The number of aromatic hydroxyl groups is 2. The largest absolute Gasteiger partial charge is 0.526 e. The Balaban J connectivity index is 0.000000171. The van der Waals surface area contributed by atoms with Crippen LogP contribution in [-0.2, 0) is 12.8 Å². The van der Waals surface area contributed by atoms with E-state index in [1.807, 2.05) is 12.1 Å². The molecule has 0 unspecified atom stereocenters. The molecule has 0 radical (unpaired) electrons. The second-order valence-electron chi connectivity index (χ2n) is 18.3. The van der Waals surface area contributed by atoms with Crippen molar-refractivity contribution in [3.05, 3.63) is 98.9 Å². The molecular weight excluding hydrogens is 819 g/mol. The molecule has 60 heavy (non-hydrogen) atoms. The first-order valence-corrected chi connectivity index (χ1v) is 23.0. The van der Waals surface area contributed by atoms with E-state index >= 15 is 0 Å². The summed E-state index contributed by atoms with van der Waals surface area (Å²) in [6.45, 7) is 17.6. The number of hydrogen-bond acceptors (Lipinski definition) is 8. The Bertz CT molecular complexity index is 2110. The third kappa shape index (κ3) is 9.92. The van der Waals surface area contributed by atoms with E-state index in [4.69, 9.17) is 23.9 Å². The first-order valence-electron chi connectivity index (χ1n) is 22.2. The highest BCUT2D eigenvalue weighted by atomic mass is 79.9. The maximum atomic E-state index is 11.5. The molecule has 0 fully saturated rings. The highest BCUT2D eigenvalue weighted by Crippen LogP contribution is 2.57. The lowest BCUT2D eigenvalue weighted by Crippen LogP contribution is -2.45. The second kappa shape index (κ2) is 19.5. The highest BCUT2D eigenvalue weighted by molar-refractivity contribution is 9.10. The molecule has 0 spiro atoms. The van der Waals surface area contributed by atoms with Gasteiger partial charge in [0.05, 0.1) is 22.6 Å². The van der Waals surface area contributed by atoms with Gasteiger partial charge in [0.15, 0.2) is 0 Å². The lowest BCUT2D eigenvalue weighted by Gasteiger charge is -2.46. The predicted octanol–water partition coefficient (Wildman–Crippen LogP) is 12.5. The monoisotopic (exact) mass is 884 g/mol. The number of aryl methyl sites for hydroxylation is 2. The molecule has 2 aliphatic carbocycles. The van der Waals surface area contributed by atoms with Gasteiger partial charge in [-0.25, -0.2) is 0 Å². The number of fused-ring (bicyclic) bond motifs is 6. The number of unbranched alkanes of at least 4 members (excludes halogenated alkanes) is 4. The van der Waals surface area contributed by atoms with Gasteiger partial charge in [0.2, 0.25) is 0 Å². The zero-order valence-corrected chi connectivity index (χ0v) is 38.5. The number of furan rings is 2. The summed E-state index contributed by atoms with van der Waals surface area (Å²) < 4.78 is 24.1. The minimum atomic E-state index is -1.48. The quantitative estimate of drug-likeness (QED) is 0.0705. The summed E-state index contributed by atoms with van der Waals surface area (Å²) in [5, 5.41) is 39.1. The van der Waals surface area contributed by atoms with Crippen molar-refractivity contribution >= 4 is 28.7 Å². The number of allylic oxidation sites excluding steroid dienone is 4. The van der Waals surface area contributed by atoms with Crippen molar-refractivity contribution in [3.63, 3.8) is 0 Å². The van der Waals surface area contributed by atoms with E-state index in [-0.39, 0.29) is 28.7 Å². The van der Waals surface area contributed by atoms with Gasteiger partial charge < -0.3 is 38.6 Å². The molecule has 0 saturated carbocycles. The lowest BCUT2D eigenvalue weighted by molar-refractivity contribution is 0.0103. The van der Waals surface area contributed by atoms with Crippen LogP contribution in [0.2, 0.25) is 0 Å². The van der Waals surface area contributed by atoms with Crippen molar-refractivity contribution in [2.45, 2.75) is 155 Å². The number of rotatable bonds is 10. The van der Waals surface area contributed by atoms with E-state index in [2.05, 4.69) is 100 Å². The van der Waals surface area contributed by atoms with E-state index < -0.39 is 7.12 Å². The molecule has 4 N–H and O–H groups in total. The van der Waals surface area contributed by atoms with Gasteiger partial charge >= 0.3 is 7.12 Å². The van der Waals surface area contributed by atoms with Crippen LogP contribution in [-0.4, -0.2) is 38.6 Å². The maximum Gasteiger partial charge on any atom is 0.526 e. The number of phenols is 2. The van der Waals surface area contributed by atoms with Crippen LogP contribution >= 0.6 is 15.9 Å². The van der Waals surface area contributed by atoms with E-state index in [1.165, 1.54) is 49.2 Å². The molecule has 0 amide bonds. The normalized spacial score (nSPS) is 21.7. The van der Waals surface area contributed by atoms with Crippen LogP contribution in [0.4, 0.5) is 0 Å². The van der Waals surface area contributed by atoms with E-state index in [0.717, 1.165) is 101 Å².